The number of carbonyl (C=O) groups excluding carboxylic acids is 3. The fraction of sp³-hybridized carbons (Fsp3) is 0.769. The molecule has 1 aliphatic heterocycles. The van der Waals surface area contributed by atoms with E-state index >= 15 is 0 Å². The Hall–Kier alpha value is -1.72. The average Bonchev–Trinajstić information content (AvgIpc) is 2.35. The molecule has 24 heavy (non-hydrogen) atoms. The second kappa shape index (κ2) is 7.90. The zero-order valence-electron chi connectivity index (χ0n) is 13.6. The molecule has 1 saturated heterocycles. The smallest absolute Gasteiger partial charge is 0.303 e. The van der Waals surface area contributed by atoms with Crippen molar-refractivity contribution in [1.82, 2.24) is 0 Å². The first-order valence-corrected chi connectivity index (χ1v) is 8.99. The van der Waals surface area contributed by atoms with Gasteiger partial charge in [0.25, 0.3) is 0 Å². The Morgan fingerprint density at radius 3 is 1.75 bits per heavy atom. The van der Waals surface area contributed by atoms with E-state index in [1.165, 1.54) is 0 Å². The Morgan fingerprint density at radius 2 is 1.33 bits per heavy atom. The first-order valence-electron chi connectivity index (χ1n) is 6.93. The predicted octanol–water partition coefficient (Wildman–Crippen LogP) is -1.46. The highest BCUT2D eigenvalue weighted by molar-refractivity contribution is 7.90. The minimum absolute atomic E-state index is 0.605. The van der Waals surface area contributed by atoms with Crippen molar-refractivity contribution in [2.24, 2.45) is 0 Å². The second-order valence-corrected chi connectivity index (χ2v) is 7.56. The van der Waals surface area contributed by atoms with Crippen LogP contribution in [0.4, 0.5) is 0 Å². The summed E-state index contributed by atoms with van der Waals surface area (Å²) in [4.78, 5) is 33.9. The SMILES string of the molecule is CC(=O)O[C@@H]1[C@@H](OC(C)=O)[C@@H](O)O[C@H](CS(C)(=O)=O)[C@H]1OC(C)=O. The topological polar surface area (TPSA) is 142 Å². The number of ether oxygens (including phenoxy) is 4. The summed E-state index contributed by atoms with van der Waals surface area (Å²) in [5, 5.41) is 9.99. The van der Waals surface area contributed by atoms with Gasteiger partial charge in [-0.3, -0.25) is 14.4 Å². The molecule has 1 N–H and O–H groups in total. The summed E-state index contributed by atoms with van der Waals surface area (Å²) < 4.78 is 43.1. The van der Waals surface area contributed by atoms with Gasteiger partial charge >= 0.3 is 17.9 Å². The molecule has 0 aliphatic carbocycles. The Morgan fingerprint density at radius 1 is 0.917 bits per heavy atom. The van der Waals surface area contributed by atoms with Gasteiger partial charge in [0.1, 0.15) is 15.9 Å². The van der Waals surface area contributed by atoms with Crippen LogP contribution in [0, 0.1) is 0 Å². The van der Waals surface area contributed by atoms with E-state index in [4.69, 9.17) is 18.9 Å². The normalized spacial score (nSPS) is 30.3. The molecule has 0 amide bonds. The summed E-state index contributed by atoms with van der Waals surface area (Å²) in [6.07, 6.45) is -6.44. The maximum absolute atomic E-state index is 11.5. The van der Waals surface area contributed by atoms with Gasteiger partial charge in [0.15, 0.2) is 24.6 Å². The Bertz CT molecular complexity index is 598. The molecule has 0 bridgehead atoms. The molecule has 1 aliphatic rings. The van der Waals surface area contributed by atoms with Crippen LogP contribution in [0.3, 0.4) is 0 Å². The van der Waals surface area contributed by atoms with E-state index in [1.54, 1.807) is 0 Å². The summed E-state index contributed by atoms with van der Waals surface area (Å²) >= 11 is 0. The maximum atomic E-state index is 11.5. The van der Waals surface area contributed by atoms with Crippen LogP contribution in [0.5, 0.6) is 0 Å². The number of aliphatic hydroxyl groups excluding tert-OH is 1. The van der Waals surface area contributed by atoms with Gasteiger partial charge in [-0.25, -0.2) is 8.42 Å². The minimum atomic E-state index is -3.58. The van der Waals surface area contributed by atoms with Gasteiger partial charge in [0, 0.05) is 27.0 Å². The van der Waals surface area contributed by atoms with Crippen molar-refractivity contribution in [3.63, 3.8) is 0 Å². The van der Waals surface area contributed by atoms with E-state index in [-0.39, 0.29) is 0 Å². The molecule has 1 rings (SSSR count). The molecule has 0 aromatic rings. The highest BCUT2D eigenvalue weighted by atomic mass is 32.2. The third kappa shape index (κ3) is 6.06. The zero-order valence-corrected chi connectivity index (χ0v) is 14.4. The standard InChI is InChI=1S/C13H20O10S/c1-6(14)20-10-9(5-24(4,18)19)23-13(17)12(22-8(3)16)11(10)21-7(2)15/h9-13,17H,5H2,1-4H3/t9-,10-,11+,12-,13+/m1/s1. The fourth-order valence-corrected chi connectivity index (χ4v) is 3.17. The number of aliphatic hydroxyl groups is 1. The summed E-state index contributed by atoms with van der Waals surface area (Å²) in [6.45, 7) is 3.18. The van der Waals surface area contributed by atoms with Crippen molar-refractivity contribution in [2.45, 2.75) is 51.5 Å². The molecule has 138 valence electrons. The summed E-state index contributed by atoms with van der Waals surface area (Å²) in [5.41, 5.74) is 0. The third-order valence-electron chi connectivity index (χ3n) is 2.98. The Labute approximate surface area is 138 Å². The van der Waals surface area contributed by atoms with Gasteiger partial charge in [-0.2, -0.15) is 0 Å². The lowest BCUT2D eigenvalue weighted by molar-refractivity contribution is -0.287. The van der Waals surface area contributed by atoms with E-state index in [2.05, 4.69) is 0 Å². The molecule has 1 heterocycles. The predicted molar refractivity (Wildman–Crippen MR) is 77.3 cm³/mol. The lowest BCUT2D eigenvalue weighted by Crippen LogP contribution is -2.62. The van der Waals surface area contributed by atoms with Gasteiger partial charge in [-0.05, 0) is 0 Å². The van der Waals surface area contributed by atoms with E-state index in [0.717, 1.165) is 27.0 Å². The number of hydrogen-bond acceptors (Lipinski definition) is 10. The second-order valence-electron chi connectivity index (χ2n) is 5.38. The highest BCUT2D eigenvalue weighted by Crippen LogP contribution is 2.28. The average molecular weight is 368 g/mol. The first kappa shape index (κ1) is 20.3. The van der Waals surface area contributed by atoms with Gasteiger partial charge < -0.3 is 24.1 Å². The zero-order chi connectivity index (χ0) is 18.7. The van der Waals surface area contributed by atoms with Crippen LogP contribution in [0.2, 0.25) is 0 Å². The summed E-state index contributed by atoms with van der Waals surface area (Å²) in [5.74, 6) is -3.01. The van der Waals surface area contributed by atoms with Gasteiger partial charge in [0.2, 0.25) is 0 Å². The van der Waals surface area contributed by atoms with Gasteiger partial charge in [-0.15, -0.1) is 0 Å². The van der Waals surface area contributed by atoms with Gasteiger partial charge in [0.05, 0.1) is 5.75 Å². The van der Waals surface area contributed by atoms with E-state index in [9.17, 15) is 27.9 Å². The molecular formula is C13H20O10S. The van der Waals surface area contributed by atoms with Crippen LogP contribution in [-0.2, 0) is 43.2 Å². The molecular weight excluding hydrogens is 348 g/mol. The van der Waals surface area contributed by atoms with Crippen molar-refractivity contribution in [1.29, 1.82) is 0 Å². The van der Waals surface area contributed by atoms with Crippen LogP contribution in [0.25, 0.3) is 0 Å². The maximum Gasteiger partial charge on any atom is 0.303 e. The van der Waals surface area contributed by atoms with Crippen molar-refractivity contribution in [2.75, 3.05) is 12.0 Å². The number of sulfone groups is 1. The minimum Gasteiger partial charge on any atom is -0.456 e. The fourth-order valence-electron chi connectivity index (χ4n) is 2.30. The summed E-state index contributed by atoms with van der Waals surface area (Å²) in [7, 11) is -3.58. The van der Waals surface area contributed by atoms with E-state index in [0.29, 0.717) is 0 Å². The number of hydrogen-bond donors (Lipinski definition) is 1. The largest absolute Gasteiger partial charge is 0.456 e. The van der Waals surface area contributed by atoms with Crippen LogP contribution >= 0.6 is 0 Å². The molecule has 0 radical (unpaired) electrons. The van der Waals surface area contributed by atoms with E-state index in [1.807, 2.05) is 0 Å². The van der Waals surface area contributed by atoms with Crippen LogP contribution in [0.15, 0.2) is 0 Å². The van der Waals surface area contributed by atoms with Crippen LogP contribution in [0.1, 0.15) is 20.8 Å². The third-order valence-corrected chi connectivity index (χ3v) is 3.92. The Kier molecular flexibility index (Phi) is 6.69. The summed E-state index contributed by atoms with van der Waals surface area (Å²) in [6, 6.07) is 0. The number of carbonyl (C=O) groups is 3. The Balaban J connectivity index is 3.23. The molecule has 0 aromatic carbocycles. The highest BCUT2D eigenvalue weighted by Gasteiger charge is 2.52. The van der Waals surface area contributed by atoms with E-state index < -0.39 is 64.2 Å². The van der Waals surface area contributed by atoms with Crippen molar-refractivity contribution < 1.29 is 46.9 Å². The number of rotatable bonds is 5. The quantitative estimate of drug-likeness (QED) is 0.452. The van der Waals surface area contributed by atoms with Crippen molar-refractivity contribution in [3.05, 3.63) is 0 Å². The molecule has 5 atom stereocenters. The monoisotopic (exact) mass is 368 g/mol. The molecule has 1 fully saturated rings. The number of esters is 3. The van der Waals surface area contributed by atoms with Crippen LogP contribution < -0.4 is 0 Å². The van der Waals surface area contributed by atoms with Crippen LogP contribution in [-0.4, -0.2) is 74.1 Å². The molecule has 0 spiro atoms. The molecule has 11 heteroatoms. The van der Waals surface area contributed by atoms with Crippen molar-refractivity contribution in [3.8, 4) is 0 Å². The molecule has 0 unspecified atom stereocenters. The molecule has 10 nitrogen and oxygen atoms in total. The molecule has 0 aromatic heterocycles. The molecule has 0 saturated carbocycles. The first-order chi connectivity index (χ1) is 10.9. The van der Waals surface area contributed by atoms with Crippen molar-refractivity contribution >= 4 is 27.7 Å². The lowest BCUT2D eigenvalue weighted by Gasteiger charge is -2.42. The van der Waals surface area contributed by atoms with Gasteiger partial charge in [-0.1, -0.05) is 0 Å². The lowest BCUT2D eigenvalue weighted by atomic mass is 9.99.